The van der Waals surface area contributed by atoms with E-state index in [0.29, 0.717) is 0 Å². The van der Waals surface area contributed by atoms with Gasteiger partial charge in [-0.05, 0) is 0 Å². The molecular formula is C2H3F2Y-. The summed E-state index contributed by atoms with van der Waals surface area (Å²) >= 11 is 0. The van der Waals surface area contributed by atoms with E-state index in [1.165, 1.54) is 0 Å². The first-order chi connectivity index (χ1) is 1.73. The van der Waals surface area contributed by atoms with Gasteiger partial charge in [0, 0.05) is 32.7 Å². The van der Waals surface area contributed by atoms with E-state index in [2.05, 4.69) is 6.92 Å². The average Bonchev–Trinajstić information content (AvgIpc) is 0.811. The topological polar surface area (TPSA) is 0 Å². The summed E-state index contributed by atoms with van der Waals surface area (Å²) < 4.78 is 20.4. The van der Waals surface area contributed by atoms with E-state index in [1.54, 1.807) is 0 Å². The van der Waals surface area contributed by atoms with E-state index in [-0.39, 0.29) is 32.7 Å². The summed E-state index contributed by atoms with van der Waals surface area (Å²) in [5, 5.41) is 0. The molecule has 0 heterocycles. The Morgan fingerprint density at radius 3 is 1.40 bits per heavy atom. The molecule has 0 rings (SSSR count). The van der Waals surface area contributed by atoms with E-state index < -0.39 is 6.43 Å². The molecule has 0 nitrogen and oxygen atoms in total. The molecular weight excluding hydrogens is 151 g/mol. The van der Waals surface area contributed by atoms with Gasteiger partial charge in [-0.2, -0.15) is 0 Å². The fraction of sp³-hybridized carbons (Fsp3) is 0.500. The van der Waals surface area contributed by atoms with Crippen LogP contribution in [0.5, 0.6) is 0 Å². The Hall–Kier alpha value is 0.964. The van der Waals surface area contributed by atoms with Crippen molar-refractivity contribution >= 4 is 0 Å². The molecule has 5 heavy (non-hydrogen) atoms. The van der Waals surface area contributed by atoms with Gasteiger partial charge in [-0.1, -0.05) is 0 Å². The summed E-state index contributed by atoms with van der Waals surface area (Å²) in [6.45, 7) is 2.31. The molecule has 0 aliphatic rings. The van der Waals surface area contributed by atoms with Gasteiger partial charge in [0.15, 0.2) is 0 Å². The molecule has 0 fully saturated rings. The quantitative estimate of drug-likeness (QED) is 0.458. The maximum absolute atomic E-state index is 10.2. The Kier molecular flexibility index (Phi) is 9.29. The second-order valence-electron chi connectivity index (χ2n) is 0.391. The van der Waals surface area contributed by atoms with Gasteiger partial charge >= 0.3 is 0 Å². The van der Waals surface area contributed by atoms with Crippen molar-refractivity contribution in [1.82, 2.24) is 0 Å². The van der Waals surface area contributed by atoms with Crippen LogP contribution in [0.4, 0.5) is 8.78 Å². The van der Waals surface area contributed by atoms with E-state index >= 15 is 0 Å². The molecule has 0 spiro atoms. The standard InChI is InChI=1S/C2H3F2.Y/c1-2(3)4;/h2H,1H2;/q-1;. The second-order valence-corrected chi connectivity index (χ2v) is 0.391. The van der Waals surface area contributed by atoms with Crippen molar-refractivity contribution in [2.24, 2.45) is 0 Å². The first-order valence-electron chi connectivity index (χ1n) is 0.845. The van der Waals surface area contributed by atoms with Gasteiger partial charge in [0.25, 0.3) is 0 Å². The molecule has 0 aromatic heterocycles. The fourth-order valence-corrected chi connectivity index (χ4v) is 0. The number of halogens is 2. The molecule has 0 amide bonds. The van der Waals surface area contributed by atoms with Gasteiger partial charge in [0.05, 0.1) is 0 Å². The van der Waals surface area contributed by atoms with Gasteiger partial charge in [0.2, 0.25) is 0 Å². The molecule has 0 saturated heterocycles. The van der Waals surface area contributed by atoms with Crippen molar-refractivity contribution in [1.29, 1.82) is 0 Å². The zero-order valence-electron chi connectivity index (χ0n) is 2.62. The molecule has 0 unspecified atom stereocenters. The van der Waals surface area contributed by atoms with Gasteiger partial charge < -0.3 is 0 Å². The average molecular weight is 154 g/mol. The van der Waals surface area contributed by atoms with Gasteiger partial charge in [0.1, 0.15) is 6.43 Å². The maximum atomic E-state index is 10.2. The molecule has 0 bridgehead atoms. The summed E-state index contributed by atoms with van der Waals surface area (Å²) in [5.41, 5.74) is 0. The maximum Gasteiger partial charge on any atom is 0.119 e. The van der Waals surface area contributed by atoms with Crippen LogP contribution in [-0.4, -0.2) is 6.43 Å². The predicted octanol–water partition coefficient (Wildman–Crippen LogP) is 1.08. The Morgan fingerprint density at radius 2 is 1.40 bits per heavy atom. The largest absolute Gasteiger partial charge is 0.278 e. The van der Waals surface area contributed by atoms with Crippen LogP contribution >= 0.6 is 0 Å². The Balaban J connectivity index is 0. The third-order valence-corrected chi connectivity index (χ3v) is 0. The minimum absolute atomic E-state index is 0. The van der Waals surface area contributed by atoms with Gasteiger partial charge in [-0.25, -0.2) is 8.78 Å². The van der Waals surface area contributed by atoms with E-state index in [0.717, 1.165) is 0 Å². The minimum Gasteiger partial charge on any atom is -0.278 e. The summed E-state index contributed by atoms with van der Waals surface area (Å²) in [7, 11) is 0. The molecule has 0 saturated carbocycles. The van der Waals surface area contributed by atoms with Crippen LogP contribution in [0, 0.1) is 6.92 Å². The molecule has 0 aromatic rings. The van der Waals surface area contributed by atoms with Crippen molar-refractivity contribution in [2.45, 2.75) is 6.43 Å². The van der Waals surface area contributed by atoms with Crippen LogP contribution in [0.2, 0.25) is 0 Å². The molecule has 0 N–H and O–H groups in total. The van der Waals surface area contributed by atoms with Crippen LogP contribution in [0.1, 0.15) is 0 Å². The molecule has 0 atom stereocenters. The molecule has 0 aromatic carbocycles. The zero-order valence-corrected chi connectivity index (χ0v) is 5.46. The Bertz CT molecular complexity index is 12.4. The van der Waals surface area contributed by atoms with Crippen molar-refractivity contribution in [2.75, 3.05) is 0 Å². The summed E-state index contributed by atoms with van der Waals surface area (Å²) in [5.74, 6) is 0. The van der Waals surface area contributed by atoms with Crippen LogP contribution < -0.4 is 0 Å². The third-order valence-electron chi connectivity index (χ3n) is 0. The Morgan fingerprint density at radius 1 is 1.40 bits per heavy atom. The molecule has 0 aliphatic heterocycles. The first kappa shape index (κ1) is 9.35. The van der Waals surface area contributed by atoms with Gasteiger partial charge in [-0.15, -0.1) is 0 Å². The Labute approximate surface area is 54.8 Å². The monoisotopic (exact) mass is 154 g/mol. The van der Waals surface area contributed by atoms with E-state index in [4.69, 9.17) is 0 Å². The minimum atomic E-state index is -2.42. The molecule has 1 radical (unpaired) electrons. The molecule has 3 heteroatoms. The molecule has 29 valence electrons. The van der Waals surface area contributed by atoms with Crippen LogP contribution in [0.3, 0.4) is 0 Å². The van der Waals surface area contributed by atoms with Crippen molar-refractivity contribution in [3.05, 3.63) is 6.92 Å². The smallest absolute Gasteiger partial charge is 0.119 e. The third kappa shape index (κ3) is 46.9. The van der Waals surface area contributed by atoms with Crippen LogP contribution in [0.15, 0.2) is 0 Å². The van der Waals surface area contributed by atoms with Crippen molar-refractivity contribution in [3.8, 4) is 0 Å². The fourth-order valence-electron chi connectivity index (χ4n) is 0. The predicted molar refractivity (Wildman–Crippen MR) is 11.4 cm³/mol. The summed E-state index contributed by atoms with van der Waals surface area (Å²) in [6.07, 6.45) is -2.42. The SMILES string of the molecule is [CH2-]C(F)F.[Y]. The van der Waals surface area contributed by atoms with E-state index in [1.807, 2.05) is 0 Å². The van der Waals surface area contributed by atoms with Gasteiger partial charge in [-0.3, -0.25) is 6.92 Å². The molecule has 0 aliphatic carbocycles. The van der Waals surface area contributed by atoms with Crippen molar-refractivity contribution in [3.63, 3.8) is 0 Å². The number of alkyl halides is 2. The normalized spacial score (nSPS) is 7.20. The zero-order chi connectivity index (χ0) is 3.58. The van der Waals surface area contributed by atoms with Crippen LogP contribution in [-0.2, 0) is 32.7 Å². The van der Waals surface area contributed by atoms with Crippen molar-refractivity contribution < 1.29 is 41.5 Å². The first-order valence-corrected chi connectivity index (χ1v) is 0.845. The summed E-state index contributed by atoms with van der Waals surface area (Å²) in [6, 6.07) is 0. The summed E-state index contributed by atoms with van der Waals surface area (Å²) in [4.78, 5) is 0. The number of hydrogen-bond acceptors (Lipinski definition) is 0. The number of hydrogen-bond donors (Lipinski definition) is 0. The second kappa shape index (κ2) is 4.96. The number of rotatable bonds is 0. The van der Waals surface area contributed by atoms with E-state index in [9.17, 15) is 8.78 Å². The van der Waals surface area contributed by atoms with Crippen LogP contribution in [0.25, 0.3) is 0 Å².